The maximum absolute atomic E-state index is 12.7. The first-order valence-electron chi connectivity index (χ1n) is 9.23. The zero-order valence-electron chi connectivity index (χ0n) is 16.4. The molecule has 0 spiro atoms. The van der Waals surface area contributed by atoms with Crippen molar-refractivity contribution in [2.45, 2.75) is 6.92 Å². The van der Waals surface area contributed by atoms with Gasteiger partial charge in [0.05, 0.1) is 12.3 Å². The van der Waals surface area contributed by atoms with Gasteiger partial charge in [-0.25, -0.2) is 9.48 Å². The summed E-state index contributed by atoms with van der Waals surface area (Å²) >= 11 is 0. The number of nitrogens with one attached hydrogen (secondary N) is 1. The Morgan fingerprint density at radius 3 is 2.48 bits per heavy atom. The van der Waals surface area contributed by atoms with E-state index < -0.39 is 5.97 Å². The van der Waals surface area contributed by atoms with E-state index in [2.05, 4.69) is 10.4 Å². The standard InChI is InChI=1S/C22H23N3O4/c1-16-8-10-18(11-9-16)25-14-19(21(24-25)17-6-4-3-5-7-17)22(27)29-15-20(26)23-12-13-28-2/h3-11,14H,12-13,15H2,1-2H3,(H,23,26). The quantitative estimate of drug-likeness (QED) is 0.470. The number of aryl methyl sites for hydroxylation is 1. The number of carbonyl (C=O) groups excluding carboxylic acids is 2. The van der Waals surface area contributed by atoms with E-state index in [9.17, 15) is 9.59 Å². The fourth-order valence-corrected chi connectivity index (χ4v) is 2.71. The second kappa shape index (κ2) is 9.66. The third-order valence-corrected chi connectivity index (χ3v) is 4.24. The van der Waals surface area contributed by atoms with Gasteiger partial charge in [0, 0.05) is 25.4 Å². The zero-order chi connectivity index (χ0) is 20.6. The third kappa shape index (κ3) is 5.30. The molecule has 0 bridgehead atoms. The molecule has 1 amide bonds. The normalized spacial score (nSPS) is 10.6. The van der Waals surface area contributed by atoms with Crippen molar-refractivity contribution < 1.29 is 19.1 Å². The Balaban J connectivity index is 1.83. The molecule has 0 aliphatic rings. The van der Waals surface area contributed by atoms with Crippen LogP contribution in [0.5, 0.6) is 0 Å². The largest absolute Gasteiger partial charge is 0.452 e. The van der Waals surface area contributed by atoms with Crippen LogP contribution in [0.25, 0.3) is 16.9 Å². The van der Waals surface area contributed by atoms with Crippen molar-refractivity contribution in [3.05, 3.63) is 71.9 Å². The molecule has 1 heterocycles. The van der Waals surface area contributed by atoms with E-state index in [1.54, 1.807) is 18.0 Å². The summed E-state index contributed by atoms with van der Waals surface area (Å²) in [6, 6.07) is 17.2. The van der Waals surface area contributed by atoms with Crippen molar-refractivity contribution in [2.75, 3.05) is 26.9 Å². The minimum absolute atomic E-state index is 0.293. The molecular formula is C22H23N3O4. The van der Waals surface area contributed by atoms with Gasteiger partial charge in [-0.1, -0.05) is 48.0 Å². The molecule has 150 valence electrons. The highest BCUT2D eigenvalue weighted by atomic mass is 16.5. The van der Waals surface area contributed by atoms with Crippen molar-refractivity contribution in [1.82, 2.24) is 15.1 Å². The smallest absolute Gasteiger partial charge is 0.342 e. The van der Waals surface area contributed by atoms with Gasteiger partial charge in [0.1, 0.15) is 11.3 Å². The highest BCUT2D eigenvalue weighted by Gasteiger charge is 2.20. The molecule has 0 saturated carbocycles. The number of methoxy groups -OCH3 is 1. The van der Waals surface area contributed by atoms with Crippen molar-refractivity contribution in [3.8, 4) is 16.9 Å². The van der Waals surface area contributed by atoms with Gasteiger partial charge in [-0.3, -0.25) is 4.79 Å². The van der Waals surface area contributed by atoms with Crippen LogP contribution in [0.3, 0.4) is 0 Å². The Morgan fingerprint density at radius 2 is 1.79 bits per heavy atom. The van der Waals surface area contributed by atoms with Crippen molar-refractivity contribution in [2.24, 2.45) is 0 Å². The fourth-order valence-electron chi connectivity index (χ4n) is 2.71. The molecule has 0 radical (unpaired) electrons. The Morgan fingerprint density at radius 1 is 1.07 bits per heavy atom. The predicted octanol–water partition coefficient (Wildman–Crippen LogP) is 2.77. The van der Waals surface area contributed by atoms with Crippen LogP contribution < -0.4 is 5.32 Å². The summed E-state index contributed by atoms with van der Waals surface area (Å²) in [5, 5.41) is 7.20. The summed E-state index contributed by atoms with van der Waals surface area (Å²) in [6.07, 6.45) is 1.62. The molecule has 3 rings (SSSR count). The average Bonchev–Trinajstić information content (AvgIpc) is 3.19. The van der Waals surface area contributed by atoms with Gasteiger partial charge in [-0.15, -0.1) is 0 Å². The van der Waals surface area contributed by atoms with Gasteiger partial charge in [0.2, 0.25) is 0 Å². The van der Waals surface area contributed by atoms with Crippen LogP contribution in [0.4, 0.5) is 0 Å². The highest BCUT2D eigenvalue weighted by Crippen LogP contribution is 2.24. The number of amides is 1. The molecule has 0 saturated heterocycles. The van der Waals surface area contributed by atoms with Gasteiger partial charge in [-0.2, -0.15) is 5.10 Å². The van der Waals surface area contributed by atoms with Gasteiger partial charge in [-0.05, 0) is 19.1 Å². The van der Waals surface area contributed by atoms with Crippen LogP contribution in [-0.4, -0.2) is 48.5 Å². The average molecular weight is 393 g/mol. The summed E-state index contributed by atoms with van der Waals surface area (Å²) in [7, 11) is 1.54. The maximum Gasteiger partial charge on any atom is 0.342 e. The lowest BCUT2D eigenvalue weighted by molar-refractivity contribution is -0.124. The van der Waals surface area contributed by atoms with Gasteiger partial charge < -0.3 is 14.8 Å². The highest BCUT2D eigenvalue weighted by molar-refractivity contribution is 5.97. The van der Waals surface area contributed by atoms with E-state index in [0.717, 1.165) is 16.8 Å². The first-order chi connectivity index (χ1) is 14.1. The van der Waals surface area contributed by atoms with Crippen molar-refractivity contribution in [3.63, 3.8) is 0 Å². The maximum atomic E-state index is 12.7. The number of rotatable bonds is 8. The molecule has 0 fully saturated rings. The monoisotopic (exact) mass is 393 g/mol. The minimum Gasteiger partial charge on any atom is -0.452 e. The van der Waals surface area contributed by atoms with Crippen LogP contribution >= 0.6 is 0 Å². The van der Waals surface area contributed by atoms with E-state index in [0.29, 0.717) is 24.4 Å². The number of aromatic nitrogens is 2. The summed E-state index contributed by atoms with van der Waals surface area (Å²) in [4.78, 5) is 24.5. The first-order valence-corrected chi connectivity index (χ1v) is 9.23. The lowest BCUT2D eigenvalue weighted by Gasteiger charge is -2.06. The van der Waals surface area contributed by atoms with Crippen LogP contribution in [-0.2, 0) is 14.3 Å². The van der Waals surface area contributed by atoms with E-state index in [4.69, 9.17) is 9.47 Å². The Bertz CT molecular complexity index is 965. The third-order valence-electron chi connectivity index (χ3n) is 4.24. The van der Waals surface area contributed by atoms with Crippen LogP contribution in [0, 0.1) is 6.92 Å². The number of nitrogens with zero attached hydrogens (tertiary/aromatic N) is 2. The molecule has 2 aromatic carbocycles. The van der Waals surface area contributed by atoms with Gasteiger partial charge >= 0.3 is 5.97 Å². The fraction of sp³-hybridized carbons (Fsp3) is 0.227. The van der Waals surface area contributed by atoms with Crippen LogP contribution in [0.15, 0.2) is 60.8 Å². The minimum atomic E-state index is -0.607. The number of hydrogen-bond donors (Lipinski definition) is 1. The molecule has 0 unspecified atom stereocenters. The molecule has 1 N–H and O–H groups in total. The first kappa shape index (κ1) is 20.3. The van der Waals surface area contributed by atoms with Gasteiger partial charge in [0.15, 0.2) is 6.61 Å². The number of hydrogen-bond acceptors (Lipinski definition) is 5. The molecular weight excluding hydrogens is 370 g/mol. The zero-order valence-corrected chi connectivity index (χ0v) is 16.4. The Kier molecular flexibility index (Phi) is 6.76. The van der Waals surface area contributed by atoms with E-state index in [-0.39, 0.29) is 12.5 Å². The molecule has 29 heavy (non-hydrogen) atoms. The second-order valence-electron chi connectivity index (χ2n) is 6.46. The Labute approximate surface area is 169 Å². The lowest BCUT2D eigenvalue weighted by atomic mass is 10.1. The molecule has 0 atom stereocenters. The SMILES string of the molecule is COCCNC(=O)COC(=O)c1cn(-c2ccc(C)cc2)nc1-c1ccccc1. The number of ether oxygens (including phenoxy) is 2. The topological polar surface area (TPSA) is 82.5 Å². The molecule has 7 heteroatoms. The van der Waals surface area contributed by atoms with E-state index in [1.807, 2.05) is 61.5 Å². The van der Waals surface area contributed by atoms with Crippen LogP contribution in [0.2, 0.25) is 0 Å². The predicted molar refractivity (Wildman–Crippen MR) is 109 cm³/mol. The summed E-state index contributed by atoms with van der Waals surface area (Å²) in [6.45, 7) is 2.38. The summed E-state index contributed by atoms with van der Waals surface area (Å²) in [5.41, 5.74) is 3.53. The van der Waals surface area contributed by atoms with Crippen molar-refractivity contribution in [1.29, 1.82) is 0 Å². The number of benzene rings is 2. The molecule has 7 nitrogen and oxygen atoms in total. The molecule has 1 aromatic heterocycles. The summed E-state index contributed by atoms with van der Waals surface area (Å²) < 4.78 is 11.7. The second-order valence-corrected chi connectivity index (χ2v) is 6.46. The van der Waals surface area contributed by atoms with Gasteiger partial charge in [0.25, 0.3) is 5.91 Å². The summed E-state index contributed by atoms with van der Waals surface area (Å²) in [5.74, 6) is -0.994. The van der Waals surface area contributed by atoms with Crippen LogP contribution in [0.1, 0.15) is 15.9 Å². The van der Waals surface area contributed by atoms with Crippen molar-refractivity contribution >= 4 is 11.9 Å². The number of esters is 1. The molecule has 0 aliphatic heterocycles. The number of carbonyl (C=O) groups is 2. The molecule has 3 aromatic rings. The van der Waals surface area contributed by atoms with E-state index >= 15 is 0 Å². The lowest BCUT2D eigenvalue weighted by Crippen LogP contribution is -2.31. The van der Waals surface area contributed by atoms with E-state index in [1.165, 1.54) is 0 Å². The Hall–Kier alpha value is -3.45. The molecule has 0 aliphatic carbocycles.